The zero-order valence-electron chi connectivity index (χ0n) is 17.4. The smallest absolute Gasteiger partial charge is 0.243 e. The van der Waals surface area contributed by atoms with Crippen molar-refractivity contribution in [3.8, 4) is 11.3 Å². The molecule has 0 saturated carbocycles. The van der Waals surface area contributed by atoms with Crippen molar-refractivity contribution in [2.24, 2.45) is 5.10 Å². The van der Waals surface area contributed by atoms with Gasteiger partial charge in [-0.2, -0.15) is 9.41 Å². The molecule has 158 valence electrons. The number of benzene rings is 2. The number of anilines is 1. The molecule has 0 atom stereocenters. The quantitative estimate of drug-likeness (QED) is 0.380. The topological polar surface area (TPSA) is 74.7 Å². The van der Waals surface area contributed by atoms with Crippen molar-refractivity contribution in [3.63, 3.8) is 0 Å². The number of aromatic nitrogens is 1. The number of hydrogen-bond donors (Lipinski definition) is 1. The summed E-state index contributed by atoms with van der Waals surface area (Å²) in [6.07, 6.45) is 2.77. The van der Waals surface area contributed by atoms with Crippen molar-refractivity contribution < 1.29 is 8.42 Å². The lowest BCUT2D eigenvalue weighted by molar-refractivity contribution is 0.445. The maximum Gasteiger partial charge on any atom is 0.243 e. The van der Waals surface area contributed by atoms with Crippen LogP contribution in [0.25, 0.3) is 11.3 Å². The average molecular weight is 443 g/mol. The Morgan fingerprint density at radius 2 is 1.70 bits per heavy atom. The van der Waals surface area contributed by atoms with Gasteiger partial charge in [0.15, 0.2) is 0 Å². The highest BCUT2D eigenvalue weighted by molar-refractivity contribution is 7.89. The molecule has 0 aliphatic carbocycles. The van der Waals surface area contributed by atoms with E-state index in [4.69, 9.17) is 0 Å². The van der Waals surface area contributed by atoms with Crippen molar-refractivity contribution in [1.82, 2.24) is 9.29 Å². The van der Waals surface area contributed by atoms with E-state index < -0.39 is 10.0 Å². The molecule has 6 nitrogen and oxygen atoms in total. The van der Waals surface area contributed by atoms with Gasteiger partial charge in [-0.3, -0.25) is 5.43 Å². The Labute approximate surface area is 182 Å². The van der Waals surface area contributed by atoms with Gasteiger partial charge in [-0.1, -0.05) is 57.2 Å². The van der Waals surface area contributed by atoms with Crippen LogP contribution in [0.4, 0.5) is 5.13 Å². The molecular weight excluding hydrogens is 416 g/mol. The van der Waals surface area contributed by atoms with E-state index in [0.717, 1.165) is 23.2 Å². The Balaban J connectivity index is 1.67. The lowest BCUT2D eigenvalue weighted by atomic mass is 10.1. The maximum absolute atomic E-state index is 12.6. The minimum absolute atomic E-state index is 0.294. The lowest BCUT2D eigenvalue weighted by Crippen LogP contribution is -2.30. The van der Waals surface area contributed by atoms with Gasteiger partial charge in [-0.15, -0.1) is 11.3 Å². The molecule has 0 aliphatic heterocycles. The number of hydrogen-bond acceptors (Lipinski definition) is 6. The highest BCUT2D eigenvalue weighted by Crippen LogP contribution is 2.26. The van der Waals surface area contributed by atoms with Crippen molar-refractivity contribution >= 4 is 32.7 Å². The lowest BCUT2D eigenvalue weighted by Gasteiger charge is -2.18. The van der Waals surface area contributed by atoms with Gasteiger partial charge in [0.2, 0.25) is 15.2 Å². The third kappa shape index (κ3) is 5.13. The molecule has 1 aromatic heterocycles. The molecular formula is C22H26N4O2S2. The van der Waals surface area contributed by atoms with Gasteiger partial charge in [0.25, 0.3) is 0 Å². The van der Waals surface area contributed by atoms with Crippen LogP contribution in [0.3, 0.4) is 0 Å². The normalized spacial score (nSPS) is 12.0. The van der Waals surface area contributed by atoms with Crippen LogP contribution in [0.15, 0.2) is 63.9 Å². The fraction of sp³-hybridized carbons (Fsp3) is 0.273. The van der Waals surface area contributed by atoms with Crippen molar-refractivity contribution in [1.29, 1.82) is 0 Å². The summed E-state index contributed by atoms with van der Waals surface area (Å²) in [6, 6.07) is 15.1. The standard InChI is InChI=1S/C22H26N4O2S2/c1-4-17-7-9-18(10-8-17)15-23-25-22-24-21(16-29-22)19-11-13-20(14-12-19)30(27,28)26(5-2)6-3/h7-16H,4-6H2,1-3H3,(H,24,25)/b23-15+. The van der Waals surface area contributed by atoms with Gasteiger partial charge in [0, 0.05) is 24.0 Å². The summed E-state index contributed by atoms with van der Waals surface area (Å²) in [6.45, 7) is 6.70. The number of rotatable bonds is 9. The van der Waals surface area contributed by atoms with Crippen LogP contribution >= 0.6 is 11.3 Å². The second-order valence-corrected chi connectivity index (χ2v) is 9.41. The largest absolute Gasteiger partial charge is 0.253 e. The SMILES string of the molecule is CCc1ccc(/C=N/Nc2nc(-c3ccc(S(=O)(=O)N(CC)CC)cc3)cs2)cc1. The number of sulfonamides is 1. The van der Waals surface area contributed by atoms with Crippen LogP contribution in [-0.2, 0) is 16.4 Å². The summed E-state index contributed by atoms with van der Waals surface area (Å²) in [4.78, 5) is 4.83. The number of aryl methyl sites for hydroxylation is 1. The Morgan fingerprint density at radius 1 is 1.03 bits per heavy atom. The van der Waals surface area contributed by atoms with Crippen LogP contribution in [0.1, 0.15) is 31.9 Å². The first kappa shape index (κ1) is 22.1. The maximum atomic E-state index is 12.6. The molecule has 3 rings (SSSR count). The minimum Gasteiger partial charge on any atom is -0.253 e. The number of nitrogens with zero attached hydrogens (tertiary/aromatic N) is 3. The Kier molecular flexibility index (Phi) is 7.36. The zero-order valence-corrected chi connectivity index (χ0v) is 19.0. The van der Waals surface area contributed by atoms with E-state index in [0.29, 0.717) is 23.1 Å². The molecule has 0 radical (unpaired) electrons. The highest BCUT2D eigenvalue weighted by Gasteiger charge is 2.21. The molecule has 0 unspecified atom stereocenters. The minimum atomic E-state index is -3.45. The van der Waals surface area contributed by atoms with E-state index in [1.54, 1.807) is 30.5 Å². The molecule has 0 amide bonds. The summed E-state index contributed by atoms with van der Waals surface area (Å²) < 4.78 is 26.7. The van der Waals surface area contributed by atoms with Gasteiger partial charge in [0.05, 0.1) is 16.8 Å². The molecule has 0 saturated heterocycles. The third-order valence-corrected chi connectivity index (χ3v) is 7.57. The van der Waals surface area contributed by atoms with Gasteiger partial charge >= 0.3 is 0 Å². The van der Waals surface area contributed by atoms with Crippen LogP contribution < -0.4 is 5.43 Å². The summed E-state index contributed by atoms with van der Waals surface area (Å²) in [5.74, 6) is 0. The second-order valence-electron chi connectivity index (χ2n) is 6.62. The summed E-state index contributed by atoms with van der Waals surface area (Å²) >= 11 is 1.45. The molecule has 0 aliphatic rings. The number of hydrazone groups is 1. The summed E-state index contributed by atoms with van der Waals surface area (Å²) in [5, 5.41) is 6.84. The Hall–Kier alpha value is -2.55. The van der Waals surface area contributed by atoms with Crippen LogP contribution in [0.2, 0.25) is 0 Å². The van der Waals surface area contributed by atoms with Gasteiger partial charge in [-0.05, 0) is 29.7 Å². The first-order valence-corrected chi connectivity index (χ1v) is 12.2. The van der Waals surface area contributed by atoms with E-state index in [1.165, 1.54) is 21.2 Å². The van der Waals surface area contributed by atoms with Crippen molar-refractivity contribution in [2.75, 3.05) is 18.5 Å². The monoisotopic (exact) mass is 442 g/mol. The molecule has 0 bridgehead atoms. The van der Waals surface area contributed by atoms with Gasteiger partial charge in [0.1, 0.15) is 0 Å². The number of nitrogens with one attached hydrogen (secondary N) is 1. The Bertz CT molecular complexity index is 1080. The zero-order chi connectivity index (χ0) is 21.6. The predicted molar refractivity (Wildman–Crippen MR) is 125 cm³/mol. The van der Waals surface area contributed by atoms with Crippen LogP contribution in [0.5, 0.6) is 0 Å². The third-order valence-electron chi connectivity index (χ3n) is 4.76. The van der Waals surface area contributed by atoms with Crippen molar-refractivity contribution in [2.45, 2.75) is 32.1 Å². The molecule has 0 fully saturated rings. The molecule has 2 aromatic carbocycles. The van der Waals surface area contributed by atoms with Gasteiger partial charge < -0.3 is 0 Å². The molecule has 3 aromatic rings. The predicted octanol–water partition coefficient (Wildman–Crippen LogP) is 4.85. The fourth-order valence-electron chi connectivity index (χ4n) is 2.97. The molecule has 1 heterocycles. The van der Waals surface area contributed by atoms with E-state index in [9.17, 15) is 8.42 Å². The summed E-state index contributed by atoms with van der Waals surface area (Å²) in [7, 11) is -3.45. The van der Waals surface area contributed by atoms with Gasteiger partial charge in [-0.25, -0.2) is 13.4 Å². The molecule has 8 heteroatoms. The van der Waals surface area contributed by atoms with E-state index in [1.807, 2.05) is 31.4 Å². The molecule has 30 heavy (non-hydrogen) atoms. The highest BCUT2D eigenvalue weighted by atomic mass is 32.2. The summed E-state index contributed by atoms with van der Waals surface area (Å²) in [5.41, 5.74) is 6.89. The first-order chi connectivity index (χ1) is 14.5. The van der Waals surface area contributed by atoms with Crippen LogP contribution in [-0.4, -0.2) is 37.0 Å². The van der Waals surface area contributed by atoms with Crippen LogP contribution in [0, 0.1) is 0 Å². The van der Waals surface area contributed by atoms with E-state index >= 15 is 0 Å². The van der Waals surface area contributed by atoms with E-state index in [2.05, 4.69) is 34.6 Å². The average Bonchev–Trinajstić information content (AvgIpc) is 3.24. The first-order valence-electron chi connectivity index (χ1n) is 9.92. The molecule has 0 spiro atoms. The fourth-order valence-corrected chi connectivity index (χ4v) is 5.10. The molecule has 1 N–H and O–H groups in total. The van der Waals surface area contributed by atoms with Crippen molar-refractivity contribution in [3.05, 3.63) is 65.0 Å². The second kappa shape index (κ2) is 9.97. The number of thiazole rings is 1. The Morgan fingerprint density at radius 3 is 2.30 bits per heavy atom. The van der Waals surface area contributed by atoms with E-state index in [-0.39, 0.29) is 0 Å².